The van der Waals surface area contributed by atoms with Crippen LogP contribution in [0, 0.1) is 10.1 Å². The van der Waals surface area contributed by atoms with E-state index in [1.54, 1.807) is 9.47 Å². The number of aromatic nitrogens is 2. The lowest BCUT2D eigenvalue weighted by Gasteiger charge is -2.41. The summed E-state index contributed by atoms with van der Waals surface area (Å²) in [5.41, 5.74) is 0.557. The van der Waals surface area contributed by atoms with Crippen molar-refractivity contribution in [3.8, 4) is 11.8 Å². The number of ether oxygens (including phenoxy) is 3. The lowest BCUT2D eigenvalue weighted by Crippen LogP contribution is -2.54. The number of rotatable bonds is 5. The predicted molar refractivity (Wildman–Crippen MR) is 124 cm³/mol. The van der Waals surface area contributed by atoms with Crippen LogP contribution in [-0.2, 0) is 11.3 Å². The van der Waals surface area contributed by atoms with Gasteiger partial charge in [-0.05, 0) is 56.9 Å². The monoisotopic (exact) mass is 473 g/mol. The maximum Gasteiger partial charge on any atom is 0.414 e. The molecule has 3 heterocycles. The molecule has 0 N–H and O–H groups in total. The quantitative estimate of drug-likeness (QED) is 0.479. The average Bonchev–Trinajstić information content (AvgIpc) is 3.21. The normalized spacial score (nSPS) is 20.4. The number of benzene rings is 1. The number of carbonyl (C=O) groups is 1. The molecule has 2 aliphatic heterocycles. The second kappa shape index (κ2) is 9.40. The maximum atomic E-state index is 12.4. The van der Waals surface area contributed by atoms with Crippen molar-refractivity contribution in [3.05, 3.63) is 40.6 Å². The van der Waals surface area contributed by atoms with Gasteiger partial charge in [0.2, 0.25) is 0 Å². The molecule has 184 valence electrons. The van der Waals surface area contributed by atoms with Crippen molar-refractivity contribution in [3.63, 3.8) is 0 Å². The molecule has 2 aromatic rings. The van der Waals surface area contributed by atoms with Gasteiger partial charge in [-0.15, -0.1) is 0 Å². The summed E-state index contributed by atoms with van der Waals surface area (Å²) in [6.07, 6.45) is 1.57. The van der Waals surface area contributed by atoms with Crippen LogP contribution >= 0.6 is 0 Å². The molecular formula is C23H31N5O6. The van der Waals surface area contributed by atoms with Crippen LogP contribution < -0.4 is 14.4 Å². The van der Waals surface area contributed by atoms with E-state index in [1.165, 1.54) is 6.20 Å². The second-order valence-corrected chi connectivity index (χ2v) is 9.63. The van der Waals surface area contributed by atoms with Crippen molar-refractivity contribution in [1.82, 2.24) is 14.5 Å². The second-order valence-electron chi connectivity index (χ2n) is 9.63. The fourth-order valence-corrected chi connectivity index (χ4v) is 4.09. The molecule has 0 bridgehead atoms. The number of nitro groups is 1. The fraction of sp³-hybridized carbons (Fsp3) is 0.565. The molecule has 0 radical (unpaired) electrons. The van der Waals surface area contributed by atoms with Crippen molar-refractivity contribution in [2.24, 2.45) is 0 Å². The molecule has 0 spiro atoms. The molecule has 0 aliphatic carbocycles. The molecule has 0 unspecified atom stereocenters. The Morgan fingerprint density at radius 2 is 1.97 bits per heavy atom. The predicted octanol–water partition coefficient (Wildman–Crippen LogP) is 3.47. The standard InChI is InChI=1S/C23H31N5O6/c1-16-13-26(22(29)34-23(2,3)4)11-12-27(16)17-5-7-18(8-6-17)32-15-19-9-10-25-14-20(28(30)31)24-21(25)33-19/h5-8,14,16,19H,9-13,15H2,1-4H3/t16-,19-/m1/s1. The van der Waals surface area contributed by atoms with Gasteiger partial charge < -0.3 is 34.1 Å². The number of imidazole rings is 1. The Hall–Kier alpha value is -3.50. The van der Waals surface area contributed by atoms with Crippen LogP contribution in [0.4, 0.5) is 16.3 Å². The van der Waals surface area contributed by atoms with Crippen LogP contribution in [0.3, 0.4) is 0 Å². The van der Waals surface area contributed by atoms with Gasteiger partial charge >= 0.3 is 17.9 Å². The van der Waals surface area contributed by atoms with Crippen molar-refractivity contribution in [2.75, 3.05) is 31.1 Å². The summed E-state index contributed by atoms with van der Waals surface area (Å²) in [4.78, 5) is 30.7. The Bertz CT molecular complexity index is 1030. The van der Waals surface area contributed by atoms with Crippen molar-refractivity contribution >= 4 is 17.6 Å². The van der Waals surface area contributed by atoms with E-state index in [-0.39, 0.29) is 30.1 Å². The average molecular weight is 474 g/mol. The first kappa shape index (κ1) is 23.7. The Morgan fingerprint density at radius 1 is 1.24 bits per heavy atom. The number of piperazine rings is 1. The smallest absolute Gasteiger partial charge is 0.414 e. The number of aryl methyl sites for hydroxylation is 1. The molecule has 1 fully saturated rings. The third-order valence-corrected chi connectivity index (χ3v) is 5.76. The molecule has 2 atom stereocenters. The molecule has 1 aromatic carbocycles. The number of hydrogen-bond donors (Lipinski definition) is 0. The van der Waals surface area contributed by atoms with Gasteiger partial charge in [-0.25, -0.2) is 4.79 Å². The third kappa shape index (κ3) is 5.52. The fourth-order valence-electron chi connectivity index (χ4n) is 4.09. The number of nitrogens with zero attached hydrogens (tertiary/aromatic N) is 5. The zero-order valence-electron chi connectivity index (χ0n) is 20.0. The zero-order valence-corrected chi connectivity index (χ0v) is 20.0. The molecule has 1 saturated heterocycles. The van der Waals surface area contributed by atoms with Gasteiger partial charge in [0.05, 0.1) is 0 Å². The summed E-state index contributed by atoms with van der Waals surface area (Å²) >= 11 is 0. The first-order valence-electron chi connectivity index (χ1n) is 11.4. The topological polar surface area (TPSA) is 112 Å². The highest BCUT2D eigenvalue weighted by atomic mass is 16.6. The van der Waals surface area contributed by atoms with Crippen molar-refractivity contribution in [1.29, 1.82) is 0 Å². The molecule has 0 saturated carbocycles. The third-order valence-electron chi connectivity index (χ3n) is 5.76. The Kier molecular flexibility index (Phi) is 6.54. The summed E-state index contributed by atoms with van der Waals surface area (Å²) in [6.45, 7) is 10.5. The van der Waals surface area contributed by atoms with Gasteiger partial charge in [-0.2, -0.15) is 0 Å². The minimum absolute atomic E-state index is 0.150. The van der Waals surface area contributed by atoms with Crippen LogP contribution in [0.2, 0.25) is 0 Å². The molecule has 2 aliphatic rings. The Labute approximate surface area is 198 Å². The van der Waals surface area contributed by atoms with Gasteiger partial charge in [0.15, 0.2) is 0 Å². The minimum Gasteiger partial charge on any atom is -0.490 e. The van der Waals surface area contributed by atoms with Crippen LogP contribution in [0.25, 0.3) is 0 Å². The van der Waals surface area contributed by atoms with Gasteiger partial charge in [0.25, 0.3) is 0 Å². The highest BCUT2D eigenvalue weighted by Gasteiger charge is 2.30. The Morgan fingerprint density at radius 3 is 2.62 bits per heavy atom. The summed E-state index contributed by atoms with van der Waals surface area (Å²) < 4.78 is 18.8. The summed E-state index contributed by atoms with van der Waals surface area (Å²) in [5.74, 6) is 0.501. The molecule has 1 amide bonds. The van der Waals surface area contributed by atoms with E-state index in [2.05, 4.69) is 16.8 Å². The van der Waals surface area contributed by atoms with Crippen LogP contribution in [0.1, 0.15) is 34.1 Å². The van der Waals surface area contributed by atoms with Gasteiger partial charge in [-0.3, -0.25) is 4.57 Å². The molecule has 4 rings (SSSR count). The number of carbonyl (C=O) groups excluding carboxylic acids is 1. The molecule has 1 aromatic heterocycles. The van der Waals surface area contributed by atoms with Crippen LogP contribution in [0.5, 0.6) is 11.8 Å². The number of fused-ring (bicyclic) bond motifs is 1. The van der Waals surface area contributed by atoms with Crippen molar-refractivity contribution < 1.29 is 23.9 Å². The van der Waals surface area contributed by atoms with E-state index in [4.69, 9.17) is 14.2 Å². The lowest BCUT2D eigenvalue weighted by molar-refractivity contribution is -0.389. The van der Waals surface area contributed by atoms with E-state index in [0.717, 1.165) is 12.2 Å². The molecule has 34 heavy (non-hydrogen) atoms. The van der Waals surface area contributed by atoms with E-state index in [1.807, 2.05) is 45.0 Å². The number of amides is 1. The minimum atomic E-state index is -0.528. The SMILES string of the molecule is C[C@@H]1CN(C(=O)OC(C)(C)C)CCN1c1ccc(OC[C@H]2CCn3cc([N+](=O)[O-])nc3O2)cc1. The summed E-state index contributed by atoms with van der Waals surface area (Å²) in [5, 5.41) is 10.9. The number of anilines is 1. The lowest BCUT2D eigenvalue weighted by atomic mass is 10.1. The van der Waals surface area contributed by atoms with Crippen molar-refractivity contribution in [2.45, 2.75) is 58.4 Å². The molecule has 11 nitrogen and oxygen atoms in total. The van der Waals surface area contributed by atoms with E-state index < -0.39 is 10.5 Å². The van der Waals surface area contributed by atoms with E-state index >= 15 is 0 Å². The van der Waals surface area contributed by atoms with E-state index in [9.17, 15) is 14.9 Å². The van der Waals surface area contributed by atoms with Crippen LogP contribution in [0.15, 0.2) is 30.5 Å². The summed E-state index contributed by atoms with van der Waals surface area (Å²) in [6, 6.07) is 8.24. The maximum absolute atomic E-state index is 12.4. The highest BCUT2D eigenvalue weighted by Crippen LogP contribution is 2.27. The van der Waals surface area contributed by atoms with Gasteiger partial charge in [0, 0.05) is 49.3 Å². The molecule has 11 heteroatoms. The van der Waals surface area contributed by atoms with Crippen LogP contribution in [-0.4, -0.2) is 69.5 Å². The number of hydrogen-bond acceptors (Lipinski definition) is 8. The Balaban J connectivity index is 1.28. The van der Waals surface area contributed by atoms with Gasteiger partial charge in [0.1, 0.15) is 30.3 Å². The van der Waals surface area contributed by atoms with E-state index in [0.29, 0.717) is 38.4 Å². The first-order valence-corrected chi connectivity index (χ1v) is 11.4. The zero-order chi connectivity index (χ0) is 24.5. The largest absolute Gasteiger partial charge is 0.490 e. The molecular weight excluding hydrogens is 442 g/mol. The summed E-state index contributed by atoms with van der Waals surface area (Å²) in [7, 11) is 0. The van der Waals surface area contributed by atoms with Gasteiger partial charge in [-0.1, -0.05) is 0 Å². The first-order chi connectivity index (χ1) is 16.1. The highest BCUT2D eigenvalue weighted by molar-refractivity contribution is 5.69.